The largest absolute Gasteiger partial charge is 0.483 e. The van der Waals surface area contributed by atoms with Gasteiger partial charge in [-0.2, -0.15) is 0 Å². The molecule has 0 bridgehead atoms. The van der Waals surface area contributed by atoms with Gasteiger partial charge >= 0.3 is 0 Å². The number of hydrogen-bond acceptors (Lipinski definition) is 3. The first-order valence-electron chi connectivity index (χ1n) is 7.35. The number of hydrogen-bond donors (Lipinski definition) is 2. The number of nitrogen functional groups attached to an aromatic ring is 1. The molecule has 0 spiro atoms. The molecule has 0 aromatic heterocycles. The molecule has 0 atom stereocenters. The Balaban J connectivity index is 1.85. The van der Waals surface area contributed by atoms with Gasteiger partial charge in [-0.3, -0.25) is 4.79 Å². The zero-order chi connectivity index (χ0) is 14.5. The maximum atomic E-state index is 11.9. The average Bonchev–Trinajstić information content (AvgIpc) is 2.42. The van der Waals surface area contributed by atoms with E-state index in [1.54, 1.807) is 0 Å². The third-order valence-electron chi connectivity index (χ3n) is 3.89. The summed E-state index contributed by atoms with van der Waals surface area (Å²) >= 11 is 0. The number of nitrogens with one attached hydrogen (secondary N) is 1. The van der Waals surface area contributed by atoms with Crippen LogP contribution in [0.1, 0.15) is 43.2 Å². The molecule has 2 rings (SSSR count). The molecule has 3 N–H and O–H groups in total. The molecule has 20 heavy (non-hydrogen) atoms. The van der Waals surface area contributed by atoms with Crippen molar-refractivity contribution in [2.75, 3.05) is 12.3 Å². The first-order valence-corrected chi connectivity index (χ1v) is 7.35. The number of carbonyl (C=O) groups excluding carboxylic acids is 1. The summed E-state index contributed by atoms with van der Waals surface area (Å²) in [5.41, 5.74) is 8.51. The highest BCUT2D eigenvalue weighted by atomic mass is 16.5. The van der Waals surface area contributed by atoms with E-state index in [1.165, 1.54) is 19.3 Å². The number of nitrogens with two attached hydrogens (primary N) is 1. The van der Waals surface area contributed by atoms with E-state index in [2.05, 4.69) is 5.32 Å². The second-order valence-electron chi connectivity index (χ2n) is 5.67. The van der Waals surface area contributed by atoms with Crippen LogP contribution in [-0.4, -0.2) is 18.6 Å². The fourth-order valence-electron chi connectivity index (χ4n) is 2.63. The Kier molecular flexibility index (Phi) is 4.88. The zero-order valence-corrected chi connectivity index (χ0v) is 12.4. The highest BCUT2D eigenvalue weighted by Crippen LogP contribution is 2.24. The maximum Gasteiger partial charge on any atom is 0.258 e. The third kappa shape index (κ3) is 3.89. The van der Waals surface area contributed by atoms with Gasteiger partial charge in [0.15, 0.2) is 6.61 Å². The van der Waals surface area contributed by atoms with Crippen LogP contribution in [0.2, 0.25) is 0 Å². The summed E-state index contributed by atoms with van der Waals surface area (Å²) in [7, 11) is 0. The minimum Gasteiger partial charge on any atom is -0.483 e. The second kappa shape index (κ2) is 6.64. The van der Waals surface area contributed by atoms with Gasteiger partial charge in [-0.15, -0.1) is 0 Å². The minimum atomic E-state index is -0.0363. The zero-order valence-electron chi connectivity index (χ0n) is 12.4. The molecule has 0 saturated heterocycles. The van der Waals surface area contributed by atoms with Gasteiger partial charge in [-0.1, -0.05) is 19.3 Å². The van der Waals surface area contributed by atoms with Crippen LogP contribution in [-0.2, 0) is 4.79 Å². The van der Waals surface area contributed by atoms with Gasteiger partial charge in [0.2, 0.25) is 0 Å². The van der Waals surface area contributed by atoms with Crippen molar-refractivity contribution in [2.45, 2.75) is 52.0 Å². The first kappa shape index (κ1) is 14.7. The molecule has 0 radical (unpaired) electrons. The van der Waals surface area contributed by atoms with Crippen molar-refractivity contribution in [1.29, 1.82) is 0 Å². The SMILES string of the molecule is Cc1cc(OCC(=O)NC2CCCCC2)c(C)cc1N. The van der Waals surface area contributed by atoms with E-state index in [0.717, 1.165) is 35.4 Å². The molecule has 4 heteroatoms. The number of benzene rings is 1. The van der Waals surface area contributed by atoms with Crippen LogP contribution >= 0.6 is 0 Å². The minimum absolute atomic E-state index is 0.0363. The van der Waals surface area contributed by atoms with Gasteiger partial charge in [0, 0.05) is 11.7 Å². The number of amides is 1. The van der Waals surface area contributed by atoms with E-state index in [9.17, 15) is 4.79 Å². The van der Waals surface area contributed by atoms with Crippen LogP contribution in [0.5, 0.6) is 5.75 Å². The van der Waals surface area contributed by atoms with Crippen LogP contribution in [0.15, 0.2) is 12.1 Å². The lowest BCUT2D eigenvalue weighted by Crippen LogP contribution is -2.39. The number of rotatable bonds is 4. The predicted octanol–water partition coefficient (Wildman–Crippen LogP) is 2.71. The Labute approximate surface area is 120 Å². The predicted molar refractivity (Wildman–Crippen MR) is 80.8 cm³/mol. The topological polar surface area (TPSA) is 64.3 Å². The van der Waals surface area contributed by atoms with Crippen molar-refractivity contribution in [1.82, 2.24) is 5.32 Å². The van der Waals surface area contributed by atoms with Gasteiger partial charge < -0.3 is 15.8 Å². The Morgan fingerprint density at radius 3 is 2.65 bits per heavy atom. The molecule has 1 fully saturated rings. The molecule has 110 valence electrons. The number of carbonyl (C=O) groups is 1. The summed E-state index contributed by atoms with van der Waals surface area (Å²) in [6, 6.07) is 4.09. The number of anilines is 1. The Bertz CT molecular complexity index is 480. The summed E-state index contributed by atoms with van der Waals surface area (Å²) < 4.78 is 5.61. The maximum absolute atomic E-state index is 11.9. The van der Waals surface area contributed by atoms with Gasteiger partial charge in [0.25, 0.3) is 5.91 Å². The van der Waals surface area contributed by atoms with Crippen LogP contribution < -0.4 is 15.8 Å². The highest BCUT2D eigenvalue weighted by Gasteiger charge is 2.16. The Morgan fingerprint density at radius 2 is 1.95 bits per heavy atom. The molecule has 1 aromatic rings. The molecule has 1 aliphatic carbocycles. The standard InChI is InChI=1S/C16H24N2O2/c1-11-9-15(12(2)8-14(11)17)20-10-16(19)18-13-6-4-3-5-7-13/h8-9,13H,3-7,10,17H2,1-2H3,(H,18,19). The van der Waals surface area contributed by atoms with Crippen LogP contribution in [0.3, 0.4) is 0 Å². The van der Waals surface area contributed by atoms with E-state index >= 15 is 0 Å². The van der Waals surface area contributed by atoms with E-state index in [0.29, 0.717) is 6.04 Å². The molecule has 1 aromatic carbocycles. The van der Waals surface area contributed by atoms with Crippen molar-refractivity contribution in [3.05, 3.63) is 23.3 Å². The normalized spacial score (nSPS) is 15.9. The summed E-state index contributed by atoms with van der Waals surface area (Å²) in [5, 5.41) is 3.05. The van der Waals surface area contributed by atoms with Crippen LogP contribution in [0.25, 0.3) is 0 Å². The fraction of sp³-hybridized carbons (Fsp3) is 0.562. The fourth-order valence-corrected chi connectivity index (χ4v) is 2.63. The monoisotopic (exact) mass is 276 g/mol. The molecule has 1 aliphatic rings. The molecular formula is C16H24N2O2. The lowest BCUT2D eigenvalue weighted by Gasteiger charge is -2.22. The van der Waals surface area contributed by atoms with Gasteiger partial charge in [-0.05, 0) is 49.9 Å². The van der Waals surface area contributed by atoms with Crippen LogP contribution in [0, 0.1) is 13.8 Å². The van der Waals surface area contributed by atoms with Crippen molar-refractivity contribution in [3.63, 3.8) is 0 Å². The second-order valence-corrected chi connectivity index (χ2v) is 5.67. The smallest absolute Gasteiger partial charge is 0.258 e. The van der Waals surface area contributed by atoms with Crippen molar-refractivity contribution in [3.8, 4) is 5.75 Å². The quantitative estimate of drug-likeness (QED) is 0.831. The lowest BCUT2D eigenvalue weighted by atomic mass is 9.95. The molecule has 0 aliphatic heterocycles. The van der Waals surface area contributed by atoms with Crippen molar-refractivity contribution >= 4 is 11.6 Å². The molecular weight excluding hydrogens is 252 g/mol. The van der Waals surface area contributed by atoms with Crippen molar-refractivity contribution in [2.24, 2.45) is 0 Å². The lowest BCUT2D eigenvalue weighted by molar-refractivity contribution is -0.124. The molecule has 4 nitrogen and oxygen atoms in total. The summed E-state index contributed by atoms with van der Waals surface area (Å²) in [6.07, 6.45) is 5.88. The van der Waals surface area contributed by atoms with E-state index in [-0.39, 0.29) is 12.5 Å². The molecule has 0 unspecified atom stereocenters. The van der Waals surface area contributed by atoms with E-state index in [1.807, 2.05) is 26.0 Å². The van der Waals surface area contributed by atoms with Gasteiger partial charge in [0.1, 0.15) is 5.75 Å². The van der Waals surface area contributed by atoms with Crippen LogP contribution in [0.4, 0.5) is 5.69 Å². The Hall–Kier alpha value is -1.71. The van der Waals surface area contributed by atoms with Gasteiger partial charge in [0.05, 0.1) is 0 Å². The molecule has 0 heterocycles. The Morgan fingerprint density at radius 1 is 1.25 bits per heavy atom. The summed E-state index contributed by atoms with van der Waals surface area (Å²) in [4.78, 5) is 11.9. The summed E-state index contributed by atoms with van der Waals surface area (Å²) in [6.45, 7) is 3.94. The van der Waals surface area contributed by atoms with Gasteiger partial charge in [-0.25, -0.2) is 0 Å². The number of ether oxygens (including phenoxy) is 1. The van der Waals surface area contributed by atoms with E-state index < -0.39 is 0 Å². The number of aryl methyl sites for hydroxylation is 2. The summed E-state index contributed by atoms with van der Waals surface area (Å²) in [5.74, 6) is 0.696. The van der Waals surface area contributed by atoms with E-state index in [4.69, 9.17) is 10.5 Å². The van der Waals surface area contributed by atoms with Crippen molar-refractivity contribution < 1.29 is 9.53 Å². The molecule has 1 amide bonds. The highest BCUT2D eigenvalue weighted by molar-refractivity contribution is 5.78. The third-order valence-corrected chi connectivity index (χ3v) is 3.89. The molecule has 1 saturated carbocycles. The average molecular weight is 276 g/mol. The first-order chi connectivity index (χ1) is 9.56.